The average Bonchev–Trinajstić information content (AvgIpc) is 2.73. The molecule has 0 aliphatic rings. The molecule has 0 radical (unpaired) electrons. The zero-order valence-corrected chi connectivity index (χ0v) is 15.4. The standard InChI is InChI=1S/C24H18ClNO/c25-20-11-13-21(14-12-20)26-16-23-22-9-5-4-8-19(22)10-15-24(23)27-17-18-6-2-1-3-7-18/h1-16H,17H2. The van der Waals surface area contributed by atoms with E-state index in [4.69, 9.17) is 16.3 Å². The second-order valence-electron chi connectivity index (χ2n) is 6.21. The van der Waals surface area contributed by atoms with Crippen LogP contribution in [-0.2, 0) is 6.61 Å². The number of hydrogen-bond acceptors (Lipinski definition) is 2. The number of nitrogens with zero attached hydrogens (tertiary/aromatic N) is 1. The average molecular weight is 372 g/mol. The fourth-order valence-electron chi connectivity index (χ4n) is 2.94. The molecule has 4 aromatic carbocycles. The van der Waals surface area contributed by atoms with Crippen LogP contribution in [0.25, 0.3) is 10.8 Å². The molecule has 0 aliphatic heterocycles. The molecule has 0 heterocycles. The monoisotopic (exact) mass is 371 g/mol. The summed E-state index contributed by atoms with van der Waals surface area (Å²) in [6, 6.07) is 30.0. The van der Waals surface area contributed by atoms with Gasteiger partial charge in [0.2, 0.25) is 0 Å². The Labute approximate surface area is 163 Å². The molecule has 0 bridgehead atoms. The van der Waals surface area contributed by atoms with Crippen LogP contribution in [0.15, 0.2) is 96.0 Å². The summed E-state index contributed by atoms with van der Waals surface area (Å²) in [6.07, 6.45) is 1.87. The highest BCUT2D eigenvalue weighted by atomic mass is 35.5. The second-order valence-corrected chi connectivity index (χ2v) is 6.64. The van der Waals surface area contributed by atoms with Crippen LogP contribution in [0.1, 0.15) is 11.1 Å². The van der Waals surface area contributed by atoms with Crippen LogP contribution in [-0.4, -0.2) is 6.21 Å². The van der Waals surface area contributed by atoms with Gasteiger partial charge >= 0.3 is 0 Å². The molecular formula is C24H18ClNO. The lowest BCUT2D eigenvalue weighted by Crippen LogP contribution is -1.99. The normalized spacial score (nSPS) is 11.1. The van der Waals surface area contributed by atoms with Gasteiger partial charge in [0.05, 0.1) is 5.69 Å². The van der Waals surface area contributed by atoms with Crippen LogP contribution in [0, 0.1) is 0 Å². The van der Waals surface area contributed by atoms with Gasteiger partial charge in [-0.3, -0.25) is 4.99 Å². The molecule has 0 N–H and O–H groups in total. The van der Waals surface area contributed by atoms with E-state index in [1.165, 1.54) is 0 Å². The van der Waals surface area contributed by atoms with E-state index in [1.807, 2.05) is 66.9 Å². The lowest BCUT2D eigenvalue weighted by Gasteiger charge is -2.12. The highest BCUT2D eigenvalue weighted by Gasteiger charge is 2.07. The van der Waals surface area contributed by atoms with Crippen LogP contribution >= 0.6 is 11.6 Å². The second kappa shape index (κ2) is 8.07. The SMILES string of the molecule is Clc1ccc(N=Cc2c(OCc3ccccc3)ccc3ccccc23)cc1. The van der Waals surface area contributed by atoms with Crippen molar-refractivity contribution in [1.29, 1.82) is 0 Å². The third-order valence-electron chi connectivity index (χ3n) is 4.34. The summed E-state index contributed by atoms with van der Waals surface area (Å²) in [5.41, 5.74) is 2.95. The summed E-state index contributed by atoms with van der Waals surface area (Å²) in [5.74, 6) is 0.815. The lowest BCUT2D eigenvalue weighted by atomic mass is 10.0. The minimum atomic E-state index is 0.515. The molecular weight excluding hydrogens is 354 g/mol. The summed E-state index contributed by atoms with van der Waals surface area (Å²) in [5, 5.41) is 2.97. The van der Waals surface area contributed by atoms with Gasteiger partial charge in [-0.2, -0.15) is 0 Å². The maximum atomic E-state index is 6.13. The van der Waals surface area contributed by atoms with Crippen molar-refractivity contribution < 1.29 is 4.74 Å². The Balaban J connectivity index is 1.70. The number of rotatable bonds is 5. The van der Waals surface area contributed by atoms with Crippen molar-refractivity contribution in [3.05, 3.63) is 107 Å². The molecule has 0 unspecified atom stereocenters. The van der Waals surface area contributed by atoms with Gasteiger partial charge in [-0.05, 0) is 46.7 Å². The predicted octanol–water partition coefficient (Wildman–Crippen LogP) is 6.82. The third kappa shape index (κ3) is 4.18. The van der Waals surface area contributed by atoms with Gasteiger partial charge in [0.25, 0.3) is 0 Å². The molecule has 0 saturated heterocycles. The van der Waals surface area contributed by atoms with Crippen LogP contribution in [0.3, 0.4) is 0 Å². The quantitative estimate of drug-likeness (QED) is 0.352. The number of aliphatic imine (C=N–C) groups is 1. The summed E-state index contributed by atoms with van der Waals surface area (Å²) in [6.45, 7) is 0.515. The van der Waals surface area contributed by atoms with E-state index in [9.17, 15) is 0 Å². The Morgan fingerprint density at radius 2 is 1.52 bits per heavy atom. The van der Waals surface area contributed by atoms with Gasteiger partial charge in [0.15, 0.2) is 0 Å². The van der Waals surface area contributed by atoms with E-state index in [0.29, 0.717) is 11.6 Å². The van der Waals surface area contributed by atoms with Crippen LogP contribution in [0.5, 0.6) is 5.75 Å². The van der Waals surface area contributed by atoms with Crippen LogP contribution in [0.4, 0.5) is 5.69 Å². The zero-order valence-electron chi connectivity index (χ0n) is 14.7. The molecule has 0 aliphatic carbocycles. The predicted molar refractivity (Wildman–Crippen MR) is 113 cm³/mol. The van der Waals surface area contributed by atoms with Crippen molar-refractivity contribution in [3.63, 3.8) is 0 Å². The molecule has 0 fully saturated rings. The third-order valence-corrected chi connectivity index (χ3v) is 4.59. The first-order chi connectivity index (χ1) is 13.3. The first kappa shape index (κ1) is 17.3. The van der Waals surface area contributed by atoms with Crippen molar-refractivity contribution >= 4 is 34.3 Å². The van der Waals surface area contributed by atoms with Crippen LogP contribution in [0.2, 0.25) is 5.02 Å². The molecule has 0 saturated carbocycles. The van der Waals surface area contributed by atoms with Gasteiger partial charge in [0, 0.05) is 16.8 Å². The first-order valence-electron chi connectivity index (χ1n) is 8.78. The van der Waals surface area contributed by atoms with Crippen LogP contribution < -0.4 is 4.74 Å². The number of ether oxygens (including phenoxy) is 1. The van der Waals surface area contributed by atoms with E-state index in [0.717, 1.165) is 33.3 Å². The minimum Gasteiger partial charge on any atom is -0.488 e. The fourth-order valence-corrected chi connectivity index (χ4v) is 3.06. The molecule has 3 heteroatoms. The van der Waals surface area contributed by atoms with E-state index in [-0.39, 0.29) is 0 Å². The van der Waals surface area contributed by atoms with Crippen molar-refractivity contribution in [1.82, 2.24) is 0 Å². The van der Waals surface area contributed by atoms with Gasteiger partial charge in [-0.1, -0.05) is 72.3 Å². The maximum Gasteiger partial charge on any atom is 0.129 e. The van der Waals surface area contributed by atoms with Crippen molar-refractivity contribution in [3.8, 4) is 5.75 Å². The summed E-state index contributed by atoms with van der Waals surface area (Å²) in [4.78, 5) is 4.62. The Morgan fingerprint density at radius 1 is 0.778 bits per heavy atom. The zero-order chi connectivity index (χ0) is 18.5. The maximum absolute atomic E-state index is 6.13. The first-order valence-corrected chi connectivity index (χ1v) is 9.15. The molecule has 0 atom stereocenters. The molecule has 27 heavy (non-hydrogen) atoms. The summed E-state index contributed by atoms with van der Waals surface area (Å²) < 4.78 is 6.13. The number of fused-ring (bicyclic) bond motifs is 1. The molecule has 4 aromatic rings. The number of benzene rings is 4. The molecule has 0 amide bonds. The molecule has 0 spiro atoms. The van der Waals surface area contributed by atoms with Gasteiger partial charge in [-0.15, -0.1) is 0 Å². The smallest absolute Gasteiger partial charge is 0.129 e. The molecule has 132 valence electrons. The Bertz CT molecular complexity index is 1070. The molecule has 2 nitrogen and oxygen atoms in total. The number of hydrogen-bond donors (Lipinski definition) is 0. The van der Waals surface area contributed by atoms with Crippen molar-refractivity contribution in [2.75, 3.05) is 0 Å². The van der Waals surface area contributed by atoms with Crippen molar-refractivity contribution in [2.45, 2.75) is 6.61 Å². The van der Waals surface area contributed by atoms with E-state index in [1.54, 1.807) is 0 Å². The van der Waals surface area contributed by atoms with E-state index >= 15 is 0 Å². The Morgan fingerprint density at radius 3 is 2.33 bits per heavy atom. The Kier molecular flexibility index (Phi) is 5.17. The van der Waals surface area contributed by atoms with Gasteiger partial charge < -0.3 is 4.74 Å². The number of halogens is 1. The summed E-state index contributed by atoms with van der Waals surface area (Å²) in [7, 11) is 0. The highest BCUT2D eigenvalue weighted by molar-refractivity contribution is 6.30. The molecule has 4 rings (SSSR count). The Hall–Kier alpha value is -3.10. The van der Waals surface area contributed by atoms with Crippen molar-refractivity contribution in [2.24, 2.45) is 4.99 Å². The van der Waals surface area contributed by atoms with Gasteiger partial charge in [-0.25, -0.2) is 0 Å². The minimum absolute atomic E-state index is 0.515. The highest BCUT2D eigenvalue weighted by Crippen LogP contribution is 2.28. The fraction of sp³-hybridized carbons (Fsp3) is 0.0417. The van der Waals surface area contributed by atoms with E-state index in [2.05, 4.69) is 35.3 Å². The molecule has 0 aromatic heterocycles. The lowest BCUT2D eigenvalue weighted by molar-refractivity contribution is 0.306. The van der Waals surface area contributed by atoms with Gasteiger partial charge in [0.1, 0.15) is 12.4 Å². The largest absolute Gasteiger partial charge is 0.488 e. The topological polar surface area (TPSA) is 21.6 Å². The summed E-state index contributed by atoms with van der Waals surface area (Å²) >= 11 is 5.96. The van der Waals surface area contributed by atoms with E-state index < -0.39 is 0 Å².